The SMILES string of the molecule is Cc1ccc(Br)cc1C(=O)N1C[C@H]2CNC[C@H]2C1.Cl. The first-order valence-electron chi connectivity index (χ1n) is 6.41. The molecule has 0 aromatic heterocycles. The van der Waals surface area contributed by atoms with Crippen molar-refractivity contribution in [1.29, 1.82) is 0 Å². The Bertz CT molecular complexity index is 482. The fourth-order valence-electron chi connectivity index (χ4n) is 3.02. The number of fused-ring (bicyclic) bond motifs is 1. The average Bonchev–Trinajstić information content (AvgIpc) is 2.91. The van der Waals surface area contributed by atoms with Gasteiger partial charge < -0.3 is 10.2 Å². The smallest absolute Gasteiger partial charge is 0.254 e. The lowest BCUT2D eigenvalue weighted by Crippen LogP contribution is -2.32. The molecule has 1 amide bonds. The molecule has 0 spiro atoms. The lowest BCUT2D eigenvalue weighted by Gasteiger charge is -2.19. The molecule has 0 saturated carbocycles. The van der Waals surface area contributed by atoms with Gasteiger partial charge in [-0.2, -0.15) is 0 Å². The van der Waals surface area contributed by atoms with E-state index in [0.29, 0.717) is 11.8 Å². The zero-order valence-electron chi connectivity index (χ0n) is 10.9. The molecular weight excluding hydrogens is 328 g/mol. The van der Waals surface area contributed by atoms with Crippen molar-refractivity contribution in [3.05, 3.63) is 33.8 Å². The molecule has 1 aromatic rings. The minimum absolute atomic E-state index is 0. The molecule has 3 rings (SSSR count). The van der Waals surface area contributed by atoms with Crippen LogP contribution in [0.15, 0.2) is 22.7 Å². The van der Waals surface area contributed by atoms with E-state index >= 15 is 0 Å². The maximum atomic E-state index is 12.5. The van der Waals surface area contributed by atoms with Crippen molar-refractivity contribution in [2.75, 3.05) is 26.2 Å². The van der Waals surface area contributed by atoms with Crippen molar-refractivity contribution in [2.45, 2.75) is 6.92 Å². The van der Waals surface area contributed by atoms with E-state index < -0.39 is 0 Å². The van der Waals surface area contributed by atoms with Gasteiger partial charge in [0.15, 0.2) is 0 Å². The Morgan fingerprint density at radius 3 is 2.58 bits per heavy atom. The molecule has 2 aliphatic heterocycles. The monoisotopic (exact) mass is 344 g/mol. The van der Waals surface area contributed by atoms with Crippen molar-refractivity contribution in [2.24, 2.45) is 11.8 Å². The van der Waals surface area contributed by atoms with Crippen LogP contribution in [-0.2, 0) is 0 Å². The first-order valence-corrected chi connectivity index (χ1v) is 7.20. The van der Waals surface area contributed by atoms with E-state index in [4.69, 9.17) is 0 Å². The molecule has 0 unspecified atom stereocenters. The molecule has 2 atom stereocenters. The molecule has 3 nitrogen and oxygen atoms in total. The predicted octanol–water partition coefficient (Wildman–Crippen LogP) is 2.47. The van der Waals surface area contributed by atoms with Crippen molar-refractivity contribution in [1.82, 2.24) is 10.2 Å². The highest BCUT2D eigenvalue weighted by molar-refractivity contribution is 9.10. The topological polar surface area (TPSA) is 32.3 Å². The highest BCUT2D eigenvalue weighted by Crippen LogP contribution is 2.28. The lowest BCUT2D eigenvalue weighted by atomic mass is 10.0. The summed E-state index contributed by atoms with van der Waals surface area (Å²) in [6.45, 7) is 5.93. The van der Waals surface area contributed by atoms with Crippen LogP contribution in [0.2, 0.25) is 0 Å². The molecule has 5 heteroatoms. The van der Waals surface area contributed by atoms with E-state index in [1.807, 2.05) is 30.0 Å². The normalized spacial score (nSPS) is 25.1. The van der Waals surface area contributed by atoms with E-state index in [1.165, 1.54) is 0 Å². The minimum Gasteiger partial charge on any atom is -0.338 e. The van der Waals surface area contributed by atoms with Crippen LogP contribution in [0.4, 0.5) is 0 Å². The first kappa shape index (κ1) is 14.8. The van der Waals surface area contributed by atoms with Gasteiger partial charge in [-0.3, -0.25) is 4.79 Å². The van der Waals surface area contributed by atoms with Crippen LogP contribution in [0.25, 0.3) is 0 Å². The maximum Gasteiger partial charge on any atom is 0.254 e. The van der Waals surface area contributed by atoms with Gasteiger partial charge in [-0.15, -0.1) is 12.4 Å². The quantitative estimate of drug-likeness (QED) is 0.848. The van der Waals surface area contributed by atoms with Crippen LogP contribution in [0, 0.1) is 18.8 Å². The highest BCUT2D eigenvalue weighted by Gasteiger charge is 2.38. The molecule has 2 heterocycles. The number of hydrogen-bond donors (Lipinski definition) is 1. The summed E-state index contributed by atoms with van der Waals surface area (Å²) in [6, 6.07) is 5.91. The van der Waals surface area contributed by atoms with Crippen LogP contribution < -0.4 is 5.32 Å². The standard InChI is InChI=1S/C14H17BrN2O.ClH/c1-9-2-3-12(15)4-13(9)14(18)17-7-10-5-16-6-11(10)8-17;/h2-4,10-11,16H,5-8H2,1H3;1H/t10-,11+;. The summed E-state index contributed by atoms with van der Waals surface area (Å²) in [4.78, 5) is 14.6. The molecule has 0 radical (unpaired) electrons. The third-order valence-electron chi connectivity index (χ3n) is 4.11. The van der Waals surface area contributed by atoms with Gasteiger partial charge in [0.1, 0.15) is 0 Å². The molecule has 19 heavy (non-hydrogen) atoms. The van der Waals surface area contributed by atoms with Crippen LogP contribution in [0.1, 0.15) is 15.9 Å². The maximum absolute atomic E-state index is 12.5. The number of amides is 1. The third kappa shape index (κ3) is 2.81. The number of carbonyl (C=O) groups is 1. The van der Waals surface area contributed by atoms with Crippen molar-refractivity contribution < 1.29 is 4.79 Å². The first-order chi connectivity index (χ1) is 8.65. The van der Waals surface area contributed by atoms with Gasteiger partial charge in [-0.1, -0.05) is 22.0 Å². The van der Waals surface area contributed by atoms with Gasteiger partial charge in [-0.25, -0.2) is 0 Å². The number of halogens is 2. The van der Waals surface area contributed by atoms with Crippen molar-refractivity contribution in [3.8, 4) is 0 Å². The van der Waals surface area contributed by atoms with E-state index in [1.54, 1.807) is 0 Å². The zero-order valence-corrected chi connectivity index (χ0v) is 13.3. The Hall–Kier alpha value is -0.580. The number of carbonyl (C=O) groups excluding carboxylic acids is 1. The molecule has 0 aliphatic carbocycles. The highest BCUT2D eigenvalue weighted by atomic mass is 79.9. The van der Waals surface area contributed by atoms with E-state index in [2.05, 4.69) is 21.2 Å². The Morgan fingerprint density at radius 1 is 1.32 bits per heavy atom. The molecule has 2 fully saturated rings. The summed E-state index contributed by atoms with van der Waals surface area (Å²) >= 11 is 3.44. The van der Waals surface area contributed by atoms with Crippen LogP contribution in [0.3, 0.4) is 0 Å². The molecular formula is C14H18BrClN2O. The largest absolute Gasteiger partial charge is 0.338 e. The van der Waals surface area contributed by atoms with Gasteiger partial charge in [0.2, 0.25) is 0 Å². The summed E-state index contributed by atoms with van der Waals surface area (Å²) < 4.78 is 0.970. The number of rotatable bonds is 1. The van der Waals surface area contributed by atoms with Gasteiger partial charge in [0, 0.05) is 36.2 Å². The Morgan fingerprint density at radius 2 is 1.95 bits per heavy atom. The van der Waals surface area contributed by atoms with E-state index in [0.717, 1.165) is 41.8 Å². The third-order valence-corrected chi connectivity index (χ3v) is 4.60. The molecule has 2 saturated heterocycles. The average molecular weight is 346 g/mol. The van der Waals surface area contributed by atoms with Crippen LogP contribution in [0.5, 0.6) is 0 Å². The van der Waals surface area contributed by atoms with Crippen molar-refractivity contribution in [3.63, 3.8) is 0 Å². The number of nitrogens with zero attached hydrogens (tertiary/aromatic N) is 1. The Kier molecular flexibility index (Phi) is 4.54. The second kappa shape index (κ2) is 5.81. The van der Waals surface area contributed by atoms with Gasteiger partial charge in [0.05, 0.1) is 0 Å². The van der Waals surface area contributed by atoms with Gasteiger partial charge >= 0.3 is 0 Å². The number of nitrogens with one attached hydrogen (secondary N) is 1. The lowest BCUT2D eigenvalue weighted by molar-refractivity contribution is 0.0781. The summed E-state index contributed by atoms with van der Waals surface area (Å²) in [7, 11) is 0. The van der Waals surface area contributed by atoms with Gasteiger partial charge in [0.25, 0.3) is 5.91 Å². The Balaban J connectivity index is 0.00000133. The summed E-state index contributed by atoms with van der Waals surface area (Å²) in [5.74, 6) is 1.49. The van der Waals surface area contributed by atoms with E-state index in [9.17, 15) is 4.79 Å². The molecule has 104 valence electrons. The zero-order chi connectivity index (χ0) is 12.7. The summed E-state index contributed by atoms with van der Waals surface area (Å²) in [6.07, 6.45) is 0. The molecule has 2 aliphatic rings. The molecule has 0 bridgehead atoms. The van der Waals surface area contributed by atoms with Crippen molar-refractivity contribution >= 4 is 34.2 Å². The van der Waals surface area contributed by atoms with Crippen LogP contribution in [-0.4, -0.2) is 37.0 Å². The molecule has 1 N–H and O–H groups in total. The number of benzene rings is 1. The second-order valence-electron chi connectivity index (χ2n) is 5.35. The Labute approximate surface area is 128 Å². The fourth-order valence-corrected chi connectivity index (χ4v) is 3.38. The number of aryl methyl sites for hydroxylation is 1. The number of hydrogen-bond acceptors (Lipinski definition) is 2. The predicted molar refractivity (Wildman–Crippen MR) is 81.9 cm³/mol. The number of likely N-dealkylation sites (tertiary alicyclic amines) is 1. The second-order valence-corrected chi connectivity index (χ2v) is 6.26. The van der Waals surface area contributed by atoms with Crippen LogP contribution >= 0.6 is 28.3 Å². The fraction of sp³-hybridized carbons (Fsp3) is 0.500. The minimum atomic E-state index is 0. The van der Waals surface area contributed by atoms with E-state index in [-0.39, 0.29) is 18.3 Å². The molecule has 1 aromatic carbocycles. The summed E-state index contributed by atoms with van der Waals surface area (Å²) in [5.41, 5.74) is 1.88. The summed E-state index contributed by atoms with van der Waals surface area (Å²) in [5, 5.41) is 3.40. The van der Waals surface area contributed by atoms with Gasteiger partial charge in [-0.05, 0) is 36.5 Å².